The first-order valence-electron chi connectivity index (χ1n) is 5.36. The zero-order valence-corrected chi connectivity index (χ0v) is 14.1. The maximum absolute atomic E-state index is 3.10. The highest BCUT2D eigenvalue weighted by atomic mass is 127. The van der Waals surface area contributed by atoms with Gasteiger partial charge < -0.3 is 48.0 Å². The Morgan fingerprint density at radius 3 is 2.53 bits per heavy atom. The molecule has 2 rings (SSSR count). The normalized spacial score (nSPS) is 9.00. The summed E-state index contributed by atoms with van der Waals surface area (Å²) in [5, 5.41) is 0. The van der Waals surface area contributed by atoms with E-state index in [0.29, 0.717) is 0 Å². The first-order valence-corrected chi connectivity index (χ1v) is 5.36. The molecule has 0 atom stereocenters. The average molecular weight is 454 g/mol. The number of hydrogen-bond acceptors (Lipinski definition) is 0. The van der Waals surface area contributed by atoms with Crippen molar-refractivity contribution >= 4 is 0 Å². The van der Waals surface area contributed by atoms with E-state index in [1.54, 1.807) is 0 Å². The number of pyridine rings is 2. The van der Waals surface area contributed by atoms with E-state index in [1.165, 1.54) is 11.1 Å². The van der Waals surface area contributed by atoms with Gasteiger partial charge in [0.2, 0.25) is 0 Å². The summed E-state index contributed by atoms with van der Waals surface area (Å²) < 4.78 is 2.22. The molecule has 0 amide bonds. The van der Waals surface area contributed by atoms with E-state index in [4.69, 9.17) is 0 Å². The smallest absolute Gasteiger partial charge is 0.176 e. The Morgan fingerprint density at radius 2 is 1.88 bits per heavy atom. The molecule has 0 aliphatic rings. The fourth-order valence-electron chi connectivity index (χ4n) is 1.66. The van der Waals surface area contributed by atoms with Crippen LogP contribution in [0.2, 0.25) is 0 Å². The number of nitrogens with one attached hydrogen (secondary N) is 1. The maximum atomic E-state index is 3.10. The van der Waals surface area contributed by atoms with Gasteiger partial charge in [0.15, 0.2) is 24.8 Å². The van der Waals surface area contributed by atoms with Crippen LogP contribution in [-0.4, -0.2) is 0 Å². The molecule has 0 radical (unpaired) electrons. The van der Waals surface area contributed by atoms with Crippen LogP contribution in [0.3, 0.4) is 0 Å². The Labute approximate surface area is 137 Å². The van der Waals surface area contributed by atoms with Gasteiger partial charge in [0.1, 0.15) is 6.54 Å². The lowest BCUT2D eigenvalue weighted by molar-refractivity contribution is -0.696. The fraction of sp³-hybridized carbons (Fsp3) is 0.231. The minimum atomic E-state index is 0. The van der Waals surface area contributed by atoms with Gasteiger partial charge in [-0.05, 0) is 12.1 Å². The van der Waals surface area contributed by atoms with Gasteiger partial charge in [-0.3, -0.25) is 0 Å². The molecule has 17 heavy (non-hydrogen) atoms. The number of aromatic nitrogens is 2. The van der Waals surface area contributed by atoms with Crippen LogP contribution < -0.4 is 57.5 Å². The van der Waals surface area contributed by atoms with Gasteiger partial charge in [-0.15, -0.1) is 0 Å². The molecule has 0 saturated carbocycles. The second kappa shape index (κ2) is 8.79. The van der Waals surface area contributed by atoms with Gasteiger partial charge >= 0.3 is 0 Å². The molecule has 1 N–H and O–H groups in total. The number of aromatic amines is 1. The van der Waals surface area contributed by atoms with Crippen molar-refractivity contribution in [1.82, 2.24) is 0 Å². The van der Waals surface area contributed by atoms with Gasteiger partial charge in [-0.25, -0.2) is 9.55 Å². The average Bonchev–Trinajstić information content (AvgIpc) is 2.31. The Balaban J connectivity index is 0.00000128. The molecule has 0 spiro atoms. The molecular formula is C13H16I2N2. The van der Waals surface area contributed by atoms with Crippen molar-refractivity contribution in [1.29, 1.82) is 0 Å². The van der Waals surface area contributed by atoms with Gasteiger partial charge in [0, 0.05) is 18.6 Å². The summed E-state index contributed by atoms with van der Waals surface area (Å²) in [5.74, 6) is 0. The molecular weight excluding hydrogens is 438 g/mol. The van der Waals surface area contributed by atoms with Crippen molar-refractivity contribution < 1.29 is 57.5 Å². The lowest BCUT2D eigenvalue weighted by Crippen LogP contribution is -3.00. The maximum Gasteiger partial charge on any atom is 0.176 e. The molecule has 2 aromatic heterocycles. The van der Waals surface area contributed by atoms with Crippen LogP contribution in [-0.2, 0) is 6.54 Å². The molecule has 0 unspecified atom stereocenters. The minimum Gasteiger partial charge on any atom is -1.00 e. The third kappa shape index (κ3) is 4.87. The lowest BCUT2D eigenvalue weighted by Gasteiger charge is -1.97. The zero-order chi connectivity index (χ0) is 10.5. The quantitative estimate of drug-likeness (QED) is 0.332. The molecule has 2 aromatic rings. The summed E-state index contributed by atoms with van der Waals surface area (Å²) in [5.41, 5.74) is 2.48. The van der Waals surface area contributed by atoms with Crippen molar-refractivity contribution in [3.63, 3.8) is 0 Å². The fourth-order valence-corrected chi connectivity index (χ4v) is 1.66. The van der Waals surface area contributed by atoms with Crippen molar-refractivity contribution in [3.8, 4) is 11.1 Å². The predicted molar refractivity (Wildman–Crippen MR) is 58.9 cm³/mol. The van der Waals surface area contributed by atoms with Crippen molar-refractivity contribution in [2.45, 2.75) is 19.9 Å². The second-order valence-corrected chi connectivity index (χ2v) is 3.62. The monoisotopic (exact) mass is 454 g/mol. The number of rotatable bonds is 3. The number of aryl methyl sites for hydroxylation is 1. The van der Waals surface area contributed by atoms with Crippen molar-refractivity contribution in [3.05, 3.63) is 49.1 Å². The first kappa shape index (κ1) is 16.8. The van der Waals surface area contributed by atoms with Crippen molar-refractivity contribution in [2.24, 2.45) is 0 Å². The van der Waals surface area contributed by atoms with Gasteiger partial charge in [0.25, 0.3) is 0 Å². The van der Waals surface area contributed by atoms with Crippen LogP contribution in [0.15, 0.2) is 49.1 Å². The minimum absolute atomic E-state index is 0. The summed E-state index contributed by atoms with van der Waals surface area (Å²) in [6.07, 6.45) is 9.40. The highest BCUT2D eigenvalue weighted by Gasteiger charge is 2.04. The first-order chi connectivity index (χ1) is 7.40. The van der Waals surface area contributed by atoms with E-state index < -0.39 is 0 Å². The summed E-state index contributed by atoms with van der Waals surface area (Å²) >= 11 is 0. The molecule has 0 aliphatic heterocycles. The van der Waals surface area contributed by atoms with E-state index in [9.17, 15) is 0 Å². The highest BCUT2D eigenvalue weighted by molar-refractivity contribution is 5.59. The van der Waals surface area contributed by atoms with E-state index in [2.05, 4.69) is 47.1 Å². The Kier molecular flexibility index (Phi) is 8.67. The summed E-state index contributed by atoms with van der Waals surface area (Å²) in [6.45, 7) is 3.26. The molecule has 2 nitrogen and oxygen atoms in total. The van der Waals surface area contributed by atoms with Gasteiger partial charge in [-0.1, -0.05) is 6.92 Å². The van der Waals surface area contributed by atoms with Crippen molar-refractivity contribution in [2.75, 3.05) is 0 Å². The van der Waals surface area contributed by atoms with Crippen LogP contribution in [0.1, 0.15) is 13.3 Å². The van der Waals surface area contributed by atoms with Crippen LogP contribution in [0.4, 0.5) is 0 Å². The third-order valence-corrected chi connectivity index (χ3v) is 2.38. The number of H-pyrrole nitrogens is 1. The topological polar surface area (TPSA) is 18.0 Å². The molecule has 0 fully saturated rings. The van der Waals surface area contributed by atoms with Gasteiger partial charge in [0.05, 0.1) is 11.1 Å². The molecule has 0 aliphatic carbocycles. The second-order valence-electron chi connectivity index (χ2n) is 3.62. The lowest BCUT2D eigenvalue weighted by atomic mass is 10.1. The molecule has 4 heteroatoms. The number of nitrogens with zero attached hydrogens (tertiary/aromatic N) is 1. The summed E-state index contributed by atoms with van der Waals surface area (Å²) in [7, 11) is 0. The van der Waals surface area contributed by atoms with Gasteiger partial charge in [-0.2, -0.15) is 0 Å². The summed E-state index contributed by atoms with van der Waals surface area (Å²) in [4.78, 5) is 3.10. The van der Waals surface area contributed by atoms with E-state index >= 15 is 0 Å². The number of halogens is 2. The molecule has 2 heterocycles. The standard InChI is InChI=1S/C13H15N2.2HI/c1-2-8-15-9-4-6-13(11-15)12-5-3-7-14-10-12;;/h3-7,9-11H,2,8H2,1H3;2*1H/q+1;;/p-1. The van der Waals surface area contributed by atoms with E-state index in [1.807, 2.05) is 18.5 Å². The van der Waals surface area contributed by atoms with E-state index in [0.717, 1.165) is 13.0 Å². The molecule has 0 saturated heterocycles. The molecule has 0 bridgehead atoms. The number of hydrogen-bond donors (Lipinski definition) is 0. The Hall–Kier alpha value is -0.240. The highest BCUT2D eigenvalue weighted by Crippen LogP contribution is 2.13. The van der Waals surface area contributed by atoms with Crippen LogP contribution in [0, 0.1) is 0 Å². The largest absolute Gasteiger partial charge is 1.00 e. The SMILES string of the molecule is CCC[n+]1cccc(-c2ccc[nH+]c2)c1.[I-].[I-]. The van der Waals surface area contributed by atoms with Crippen LogP contribution >= 0.6 is 0 Å². The Bertz CT molecular complexity index is 432. The Morgan fingerprint density at radius 1 is 1.12 bits per heavy atom. The van der Waals surface area contributed by atoms with Crippen LogP contribution in [0.25, 0.3) is 11.1 Å². The molecule has 0 aromatic carbocycles. The van der Waals surface area contributed by atoms with E-state index in [-0.39, 0.29) is 48.0 Å². The molecule has 92 valence electrons. The zero-order valence-electron chi connectivity index (χ0n) is 9.74. The summed E-state index contributed by atoms with van der Waals surface area (Å²) in [6, 6.07) is 8.36. The van der Waals surface area contributed by atoms with Crippen LogP contribution in [0.5, 0.6) is 0 Å². The predicted octanol–water partition coefficient (Wildman–Crippen LogP) is -4.13. The third-order valence-electron chi connectivity index (χ3n) is 2.38.